The number of H-pyrrole nitrogens is 1. The van der Waals surface area contributed by atoms with Gasteiger partial charge in [0.05, 0.1) is 6.61 Å². The molecule has 0 atom stereocenters. The zero-order valence-corrected chi connectivity index (χ0v) is 11.5. The van der Waals surface area contributed by atoms with Crippen LogP contribution in [0.1, 0.15) is 24.1 Å². The second kappa shape index (κ2) is 6.12. The van der Waals surface area contributed by atoms with Gasteiger partial charge < -0.3 is 5.11 Å². The molecule has 0 saturated carbocycles. The summed E-state index contributed by atoms with van der Waals surface area (Å²) in [5, 5.41) is 15.5. The highest BCUT2D eigenvalue weighted by Gasteiger charge is 2.27. The van der Waals surface area contributed by atoms with Crippen LogP contribution in [-0.2, 0) is 16.6 Å². The van der Waals surface area contributed by atoms with E-state index in [1.165, 1.54) is 11.4 Å². The highest BCUT2D eigenvalue weighted by molar-refractivity contribution is 7.89. The van der Waals surface area contributed by atoms with Crippen LogP contribution in [-0.4, -0.2) is 41.6 Å². The van der Waals surface area contributed by atoms with Crippen molar-refractivity contribution in [1.82, 2.24) is 14.5 Å². The summed E-state index contributed by atoms with van der Waals surface area (Å²) in [5.41, 5.74) is 0.890. The lowest BCUT2D eigenvalue weighted by molar-refractivity contribution is 0.277. The molecule has 0 radical (unpaired) electrons. The summed E-state index contributed by atoms with van der Waals surface area (Å²) in [6, 6.07) is 0. The first kappa shape index (κ1) is 14.9. The van der Waals surface area contributed by atoms with Gasteiger partial charge in [-0.3, -0.25) is 5.10 Å². The number of aliphatic hydroxyl groups is 1. The third-order valence-electron chi connectivity index (χ3n) is 2.73. The third kappa shape index (κ3) is 2.98. The van der Waals surface area contributed by atoms with Gasteiger partial charge in [0.15, 0.2) is 5.03 Å². The van der Waals surface area contributed by atoms with E-state index in [0.29, 0.717) is 24.2 Å². The first-order valence-electron chi connectivity index (χ1n) is 5.67. The van der Waals surface area contributed by atoms with Gasteiger partial charge in [0.2, 0.25) is 0 Å². The minimum Gasteiger partial charge on any atom is -0.392 e. The van der Waals surface area contributed by atoms with Gasteiger partial charge >= 0.3 is 0 Å². The van der Waals surface area contributed by atoms with Crippen LogP contribution in [0, 0.1) is 6.92 Å². The van der Waals surface area contributed by atoms with Crippen molar-refractivity contribution in [2.24, 2.45) is 0 Å². The van der Waals surface area contributed by atoms with E-state index in [4.69, 9.17) is 0 Å². The molecule has 0 aliphatic carbocycles. The minimum absolute atomic E-state index is 0.0939. The molecule has 6 nitrogen and oxygen atoms in total. The highest BCUT2D eigenvalue weighted by Crippen LogP contribution is 2.19. The fraction of sp³-hybridized carbons (Fsp3) is 0.545. The maximum Gasteiger partial charge on any atom is 0.262 e. The van der Waals surface area contributed by atoms with Gasteiger partial charge in [0, 0.05) is 24.8 Å². The Hall–Kier alpha value is -1.18. The number of aromatic amines is 1. The van der Waals surface area contributed by atoms with Crippen molar-refractivity contribution in [3.05, 3.63) is 23.9 Å². The zero-order chi connectivity index (χ0) is 13.8. The molecule has 0 aromatic carbocycles. The Morgan fingerprint density at radius 3 is 2.78 bits per heavy atom. The lowest BCUT2D eigenvalue weighted by atomic mass is 10.3. The van der Waals surface area contributed by atoms with E-state index in [1.54, 1.807) is 13.0 Å². The van der Waals surface area contributed by atoms with Crippen molar-refractivity contribution >= 4 is 10.0 Å². The van der Waals surface area contributed by atoms with Crippen LogP contribution in [0.2, 0.25) is 0 Å². The predicted molar refractivity (Wildman–Crippen MR) is 68.5 cm³/mol. The maximum atomic E-state index is 12.2. The number of sulfonamides is 1. The van der Waals surface area contributed by atoms with Gasteiger partial charge in [-0.15, -0.1) is 6.58 Å². The number of nitrogens with one attached hydrogen (secondary N) is 1. The Morgan fingerprint density at radius 1 is 1.56 bits per heavy atom. The molecule has 2 N–H and O–H groups in total. The SMILES string of the molecule is C=CCCCN(C)S(=O)(=O)c1n[nH]c(C)c1CO. The van der Waals surface area contributed by atoms with Crippen molar-refractivity contribution in [2.45, 2.75) is 31.4 Å². The van der Waals surface area contributed by atoms with E-state index >= 15 is 0 Å². The second-order valence-corrected chi connectivity index (χ2v) is 6.01. The average Bonchev–Trinajstić information content (AvgIpc) is 2.71. The van der Waals surface area contributed by atoms with Crippen LogP contribution in [0.15, 0.2) is 17.7 Å². The fourth-order valence-corrected chi connectivity index (χ4v) is 2.91. The molecule has 0 aliphatic rings. The summed E-state index contributed by atoms with van der Waals surface area (Å²) in [7, 11) is -2.14. The first-order chi connectivity index (χ1) is 8.45. The normalized spacial score (nSPS) is 12.0. The predicted octanol–water partition coefficient (Wildman–Crippen LogP) is 0.797. The fourth-order valence-electron chi connectivity index (χ4n) is 1.56. The summed E-state index contributed by atoms with van der Waals surface area (Å²) in [4.78, 5) is 0. The molecule has 7 heteroatoms. The van der Waals surface area contributed by atoms with E-state index in [1.807, 2.05) is 0 Å². The van der Waals surface area contributed by atoms with Crippen LogP contribution in [0.25, 0.3) is 0 Å². The van der Waals surface area contributed by atoms with Gasteiger partial charge in [-0.25, -0.2) is 8.42 Å². The van der Waals surface area contributed by atoms with Crippen LogP contribution in [0.5, 0.6) is 0 Å². The second-order valence-electron chi connectivity index (χ2n) is 4.05. The molecule has 0 aliphatic heterocycles. The topological polar surface area (TPSA) is 86.3 Å². The lowest BCUT2D eigenvalue weighted by Gasteiger charge is -2.15. The van der Waals surface area contributed by atoms with E-state index in [2.05, 4.69) is 16.8 Å². The third-order valence-corrected chi connectivity index (χ3v) is 4.56. The average molecular weight is 273 g/mol. The Morgan fingerprint density at radius 2 is 2.22 bits per heavy atom. The largest absolute Gasteiger partial charge is 0.392 e. The number of allylic oxidation sites excluding steroid dienone is 1. The van der Waals surface area contributed by atoms with E-state index in [9.17, 15) is 13.5 Å². The number of rotatable bonds is 7. The molecule has 0 saturated heterocycles. The Balaban J connectivity index is 2.94. The number of aliphatic hydroxyl groups excluding tert-OH is 1. The Labute approximate surface area is 107 Å². The number of nitrogens with zero attached hydrogens (tertiary/aromatic N) is 2. The van der Waals surface area contributed by atoms with Crippen LogP contribution in [0.3, 0.4) is 0 Å². The van der Waals surface area contributed by atoms with Gasteiger partial charge in [-0.1, -0.05) is 6.08 Å². The van der Waals surface area contributed by atoms with Gasteiger partial charge in [-0.05, 0) is 19.8 Å². The summed E-state index contributed by atoms with van der Waals surface area (Å²) in [6.45, 7) is 5.31. The van der Waals surface area contributed by atoms with Crippen LogP contribution < -0.4 is 0 Å². The molecule has 1 aromatic heterocycles. The number of aromatic nitrogens is 2. The molecule has 18 heavy (non-hydrogen) atoms. The molecule has 1 aromatic rings. The molecule has 0 bridgehead atoms. The van der Waals surface area contributed by atoms with Gasteiger partial charge in [-0.2, -0.15) is 9.40 Å². The van der Waals surface area contributed by atoms with Crippen LogP contribution in [0.4, 0.5) is 0 Å². The first-order valence-corrected chi connectivity index (χ1v) is 7.11. The standard InChI is InChI=1S/C11H19N3O3S/c1-4-5-6-7-14(3)18(16,17)11-10(8-15)9(2)12-13-11/h4,15H,1,5-8H2,2-3H3,(H,12,13). The quantitative estimate of drug-likeness (QED) is 0.568. The molecule has 0 spiro atoms. The summed E-state index contributed by atoms with van der Waals surface area (Å²) >= 11 is 0. The Bertz CT molecular complexity index is 508. The number of hydrogen-bond acceptors (Lipinski definition) is 4. The molecular formula is C11H19N3O3S. The van der Waals surface area contributed by atoms with Crippen LogP contribution >= 0.6 is 0 Å². The smallest absolute Gasteiger partial charge is 0.262 e. The number of unbranched alkanes of at least 4 members (excludes halogenated alkanes) is 1. The lowest BCUT2D eigenvalue weighted by Crippen LogP contribution is -2.29. The number of hydrogen-bond donors (Lipinski definition) is 2. The zero-order valence-electron chi connectivity index (χ0n) is 10.7. The Kier molecular flexibility index (Phi) is 5.06. The summed E-state index contributed by atoms with van der Waals surface area (Å²) in [5.74, 6) is 0. The summed E-state index contributed by atoms with van der Waals surface area (Å²) in [6.07, 6.45) is 3.21. The molecule has 1 rings (SSSR count). The van der Waals surface area contributed by atoms with E-state index in [-0.39, 0.29) is 11.6 Å². The summed E-state index contributed by atoms with van der Waals surface area (Å²) < 4.78 is 25.7. The van der Waals surface area contributed by atoms with Crippen molar-refractivity contribution in [1.29, 1.82) is 0 Å². The highest BCUT2D eigenvalue weighted by atomic mass is 32.2. The molecule has 0 amide bonds. The van der Waals surface area contributed by atoms with Crippen molar-refractivity contribution < 1.29 is 13.5 Å². The maximum absolute atomic E-state index is 12.2. The van der Waals surface area contributed by atoms with E-state index in [0.717, 1.165) is 6.42 Å². The van der Waals surface area contributed by atoms with E-state index < -0.39 is 10.0 Å². The van der Waals surface area contributed by atoms with Gasteiger partial charge in [0.25, 0.3) is 10.0 Å². The van der Waals surface area contributed by atoms with Crippen molar-refractivity contribution in [2.75, 3.05) is 13.6 Å². The molecular weight excluding hydrogens is 254 g/mol. The minimum atomic E-state index is -3.64. The van der Waals surface area contributed by atoms with Crippen molar-refractivity contribution in [3.63, 3.8) is 0 Å². The van der Waals surface area contributed by atoms with Gasteiger partial charge in [0.1, 0.15) is 0 Å². The molecule has 1 heterocycles. The molecule has 0 unspecified atom stereocenters. The molecule has 0 fully saturated rings. The molecule has 102 valence electrons. The van der Waals surface area contributed by atoms with Crippen molar-refractivity contribution in [3.8, 4) is 0 Å². The number of aryl methyl sites for hydroxylation is 1. The monoisotopic (exact) mass is 273 g/mol.